The predicted octanol–water partition coefficient (Wildman–Crippen LogP) is 2.95. The molecule has 5 nitrogen and oxygen atoms in total. The number of thioether (sulfide) groups is 1. The Morgan fingerprint density at radius 1 is 1.28 bits per heavy atom. The number of amides is 1. The zero-order valence-corrected chi connectivity index (χ0v) is 15.2. The lowest BCUT2D eigenvalue weighted by atomic mass is 9.83. The first kappa shape index (κ1) is 16.7. The van der Waals surface area contributed by atoms with Crippen molar-refractivity contribution in [3.05, 3.63) is 45.9 Å². The zero-order valence-electron chi connectivity index (χ0n) is 14.4. The molecule has 4 unspecified atom stereocenters. The van der Waals surface area contributed by atoms with Gasteiger partial charge >= 0.3 is 5.97 Å². The normalized spacial score (nSPS) is 31.2. The van der Waals surface area contributed by atoms with Gasteiger partial charge in [-0.2, -0.15) is 0 Å². The van der Waals surface area contributed by atoms with Crippen LogP contribution in [0, 0.1) is 11.8 Å². The topological polar surface area (TPSA) is 67.4 Å². The SMILES string of the molecule is COC(=O)c1ccc(C2NC(=O)C3C4=C(CC(C)CC4)SC3N2)cc1. The van der Waals surface area contributed by atoms with Gasteiger partial charge in [-0.05, 0) is 53.4 Å². The number of ether oxygens (including phenoxy) is 1. The molecule has 1 aromatic rings. The molecule has 1 aliphatic carbocycles. The van der Waals surface area contributed by atoms with Crippen molar-refractivity contribution < 1.29 is 14.3 Å². The Labute approximate surface area is 151 Å². The first-order valence-corrected chi connectivity index (χ1v) is 9.58. The number of allylic oxidation sites excluding steroid dienone is 1. The molecule has 0 radical (unpaired) electrons. The standard InChI is InChI=1S/C19H22N2O3S/c1-10-3-8-13-14(9-10)25-18-15(13)17(22)20-16(21-18)11-4-6-12(7-5-11)19(23)24-2/h4-7,10,15-16,18,21H,3,8-9H2,1-2H3,(H,20,22). The molecule has 1 fully saturated rings. The zero-order chi connectivity index (χ0) is 17.6. The summed E-state index contributed by atoms with van der Waals surface area (Å²) in [4.78, 5) is 25.7. The van der Waals surface area contributed by atoms with Crippen LogP contribution in [0.4, 0.5) is 0 Å². The summed E-state index contributed by atoms with van der Waals surface area (Å²) in [7, 11) is 1.37. The number of benzene rings is 1. The summed E-state index contributed by atoms with van der Waals surface area (Å²) in [6, 6.07) is 7.18. The summed E-state index contributed by atoms with van der Waals surface area (Å²) in [5, 5.41) is 6.77. The highest BCUT2D eigenvalue weighted by molar-refractivity contribution is 8.04. The molecule has 4 atom stereocenters. The fourth-order valence-corrected chi connectivity index (χ4v) is 5.62. The molecule has 2 heterocycles. The van der Waals surface area contributed by atoms with Crippen molar-refractivity contribution in [2.45, 2.75) is 37.7 Å². The second kappa shape index (κ2) is 6.50. The molecule has 0 spiro atoms. The van der Waals surface area contributed by atoms with Crippen molar-refractivity contribution in [2.24, 2.45) is 11.8 Å². The number of nitrogens with one attached hydrogen (secondary N) is 2. The van der Waals surface area contributed by atoms with Gasteiger partial charge in [0.1, 0.15) is 6.17 Å². The van der Waals surface area contributed by atoms with E-state index in [1.807, 2.05) is 23.9 Å². The largest absolute Gasteiger partial charge is 0.465 e. The molecule has 2 aliphatic heterocycles. The molecule has 6 heteroatoms. The molecule has 1 aromatic carbocycles. The van der Waals surface area contributed by atoms with E-state index in [0.717, 1.165) is 18.4 Å². The van der Waals surface area contributed by atoms with E-state index < -0.39 is 0 Å². The monoisotopic (exact) mass is 358 g/mol. The van der Waals surface area contributed by atoms with Crippen LogP contribution in [-0.4, -0.2) is 24.4 Å². The van der Waals surface area contributed by atoms with Crippen LogP contribution in [-0.2, 0) is 9.53 Å². The van der Waals surface area contributed by atoms with Crippen LogP contribution in [0.5, 0.6) is 0 Å². The Bertz CT molecular complexity index is 744. The van der Waals surface area contributed by atoms with E-state index in [4.69, 9.17) is 4.74 Å². The average molecular weight is 358 g/mol. The third-order valence-electron chi connectivity index (χ3n) is 5.31. The molecule has 0 saturated carbocycles. The number of carbonyl (C=O) groups excluding carboxylic acids is 2. The molecule has 2 N–H and O–H groups in total. The fourth-order valence-electron chi connectivity index (χ4n) is 3.92. The Hall–Kier alpha value is -1.79. The fraction of sp³-hybridized carbons (Fsp3) is 0.474. The minimum Gasteiger partial charge on any atom is -0.465 e. The maximum Gasteiger partial charge on any atom is 0.337 e. The summed E-state index contributed by atoms with van der Waals surface area (Å²) in [5.41, 5.74) is 2.79. The molecule has 3 aliphatic rings. The third-order valence-corrected chi connectivity index (χ3v) is 6.69. The molecule has 1 saturated heterocycles. The van der Waals surface area contributed by atoms with Gasteiger partial charge in [-0.15, -0.1) is 11.8 Å². The Morgan fingerprint density at radius 2 is 2.04 bits per heavy atom. The molecule has 0 aromatic heterocycles. The summed E-state index contributed by atoms with van der Waals surface area (Å²) in [5.74, 6) is 0.414. The minimum atomic E-state index is -0.357. The van der Waals surface area contributed by atoms with Crippen LogP contribution in [0.15, 0.2) is 34.7 Å². The molecule has 4 rings (SSSR count). The van der Waals surface area contributed by atoms with E-state index in [-0.39, 0.29) is 29.3 Å². The summed E-state index contributed by atoms with van der Waals surface area (Å²) < 4.78 is 4.73. The molecular weight excluding hydrogens is 336 g/mol. The highest BCUT2D eigenvalue weighted by Gasteiger charge is 2.45. The second-order valence-corrected chi connectivity index (χ2v) is 8.27. The number of methoxy groups -OCH3 is 1. The average Bonchev–Trinajstić information content (AvgIpc) is 2.98. The number of esters is 1. The van der Waals surface area contributed by atoms with Gasteiger partial charge in [0.15, 0.2) is 0 Å². The first-order chi connectivity index (χ1) is 12.1. The van der Waals surface area contributed by atoms with E-state index in [1.165, 1.54) is 24.0 Å². The van der Waals surface area contributed by atoms with Gasteiger partial charge in [0, 0.05) is 0 Å². The number of hydrogen-bond donors (Lipinski definition) is 2. The second-order valence-electron chi connectivity index (χ2n) is 7.03. The smallest absolute Gasteiger partial charge is 0.337 e. The van der Waals surface area contributed by atoms with E-state index in [9.17, 15) is 9.59 Å². The van der Waals surface area contributed by atoms with Gasteiger partial charge in [0.2, 0.25) is 5.91 Å². The maximum absolute atomic E-state index is 12.7. The first-order valence-electron chi connectivity index (χ1n) is 8.70. The quantitative estimate of drug-likeness (QED) is 0.796. The van der Waals surface area contributed by atoms with E-state index in [2.05, 4.69) is 17.6 Å². The van der Waals surface area contributed by atoms with E-state index in [1.54, 1.807) is 12.1 Å². The van der Waals surface area contributed by atoms with Crippen LogP contribution < -0.4 is 10.6 Å². The maximum atomic E-state index is 12.7. The van der Waals surface area contributed by atoms with Crippen molar-refractivity contribution in [3.8, 4) is 0 Å². The minimum absolute atomic E-state index is 0.0434. The number of hydrogen-bond acceptors (Lipinski definition) is 5. The molecule has 25 heavy (non-hydrogen) atoms. The van der Waals surface area contributed by atoms with Crippen molar-refractivity contribution >= 4 is 23.6 Å². The summed E-state index contributed by atoms with van der Waals surface area (Å²) in [6.07, 6.45) is 3.08. The summed E-state index contributed by atoms with van der Waals surface area (Å²) in [6.45, 7) is 2.28. The van der Waals surface area contributed by atoms with Crippen LogP contribution in [0.2, 0.25) is 0 Å². The molecule has 0 bridgehead atoms. The third kappa shape index (κ3) is 2.98. The van der Waals surface area contributed by atoms with Crippen molar-refractivity contribution in [3.63, 3.8) is 0 Å². The van der Waals surface area contributed by atoms with Gasteiger partial charge in [-0.3, -0.25) is 10.1 Å². The van der Waals surface area contributed by atoms with Gasteiger partial charge in [0.05, 0.1) is 24.0 Å². The molecule has 1 amide bonds. The van der Waals surface area contributed by atoms with Gasteiger partial charge < -0.3 is 10.1 Å². The van der Waals surface area contributed by atoms with Crippen LogP contribution in [0.25, 0.3) is 0 Å². The van der Waals surface area contributed by atoms with Crippen LogP contribution >= 0.6 is 11.8 Å². The lowest BCUT2D eigenvalue weighted by Gasteiger charge is -2.34. The Morgan fingerprint density at radius 3 is 2.76 bits per heavy atom. The Kier molecular flexibility index (Phi) is 4.33. The lowest BCUT2D eigenvalue weighted by Crippen LogP contribution is -2.54. The van der Waals surface area contributed by atoms with Crippen molar-refractivity contribution in [2.75, 3.05) is 7.11 Å². The number of carbonyl (C=O) groups is 2. The van der Waals surface area contributed by atoms with Crippen molar-refractivity contribution in [1.82, 2.24) is 10.6 Å². The van der Waals surface area contributed by atoms with Gasteiger partial charge in [0.25, 0.3) is 0 Å². The predicted molar refractivity (Wildman–Crippen MR) is 96.7 cm³/mol. The van der Waals surface area contributed by atoms with E-state index >= 15 is 0 Å². The van der Waals surface area contributed by atoms with Gasteiger partial charge in [-0.25, -0.2) is 4.79 Å². The van der Waals surface area contributed by atoms with Crippen molar-refractivity contribution in [1.29, 1.82) is 0 Å². The van der Waals surface area contributed by atoms with E-state index in [0.29, 0.717) is 11.5 Å². The number of fused-ring (bicyclic) bond motifs is 2. The van der Waals surface area contributed by atoms with Crippen LogP contribution in [0.3, 0.4) is 0 Å². The number of rotatable bonds is 2. The highest BCUT2D eigenvalue weighted by atomic mass is 32.2. The summed E-state index contributed by atoms with van der Waals surface area (Å²) >= 11 is 1.83. The highest BCUT2D eigenvalue weighted by Crippen LogP contribution is 2.50. The van der Waals surface area contributed by atoms with Gasteiger partial charge in [-0.1, -0.05) is 19.1 Å². The lowest BCUT2D eigenvalue weighted by molar-refractivity contribution is -0.127. The molecular formula is C19H22N2O3S. The van der Waals surface area contributed by atoms with Crippen LogP contribution in [0.1, 0.15) is 48.3 Å². The molecule has 132 valence electrons. The Balaban J connectivity index is 1.51.